The Morgan fingerprint density at radius 1 is 1.07 bits per heavy atom. The minimum atomic E-state index is 0. The number of benzene rings is 1. The molecule has 0 atom stereocenters. The Morgan fingerprint density at radius 3 is 2.60 bits per heavy atom. The molecule has 4 N–H and O–H groups in total. The van der Waals surface area contributed by atoms with Crippen LogP contribution in [0.25, 0.3) is 33.4 Å². The van der Waals surface area contributed by atoms with E-state index in [9.17, 15) is 0 Å². The molecule has 0 bridgehead atoms. The van der Waals surface area contributed by atoms with E-state index in [4.69, 9.17) is 21.8 Å². The van der Waals surface area contributed by atoms with E-state index in [1.807, 2.05) is 36.5 Å². The molecule has 1 saturated heterocycles. The smallest absolute Gasteiger partial charge is 0.157 e. The maximum absolute atomic E-state index is 6.59. The number of fused-ring (bicyclic) bond motifs is 1. The molecule has 1 fully saturated rings. The first-order valence-corrected chi connectivity index (χ1v) is 9.77. The van der Waals surface area contributed by atoms with Crippen molar-refractivity contribution in [3.05, 3.63) is 53.4 Å². The van der Waals surface area contributed by atoms with Crippen molar-refractivity contribution in [3.63, 3.8) is 0 Å². The van der Waals surface area contributed by atoms with Gasteiger partial charge in [-0.2, -0.15) is 5.10 Å². The summed E-state index contributed by atoms with van der Waals surface area (Å²) in [5.74, 6) is 1.38. The highest BCUT2D eigenvalue weighted by Crippen LogP contribution is 2.41. The van der Waals surface area contributed by atoms with Crippen LogP contribution in [0.4, 0.5) is 5.82 Å². The average Bonchev–Trinajstić information content (AvgIpc) is 3.35. The summed E-state index contributed by atoms with van der Waals surface area (Å²) in [5.41, 5.74) is 10.7. The molecule has 5 rings (SSSR count). The Morgan fingerprint density at radius 2 is 1.83 bits per heavy atom. The predicted molar refractivity (Wildman–Crippen MR) is 126 cm³/mol. The van der Waals surface area contributed by atoms with Gasteiger partial charge in [0.1, 0.15) is 11.4 Å². The van der Waals surface area contributed by atoms with Gasteiger partial charge in [0.15, 0.2) is 5.76 Å². The van der Waals surface area contributed by atoms with Gasteiger partial charge < -0.3 is 15.5 Å². The summed E-state index contributed by atoms with van der Waals surface area (Å²) in [6.07, 6.45) is 5.80. The zero-order valence-electron chi connectivity index (χ0n) is 16.0. The maximum Gasteiger partial charge on any atom is 0.157 e. The fraction of sp³-hybridized carbons (Fsp3) is 0.238. The zero-order chi connectivity index (χ0) is 19.1. The van der Waals surface area contributed by atoms with Gasteiger partial charge in [-0.25, -0.2) is 4.98 Å². The highest BCUT2D eigenvalue weighted by Gasteiger charge is 2.23. The third-order valence-electron chi connectivity index (χ3n) is 5.43. The number of nitrogen functional groups attached to an aromatic ring is 1. The number of piperidine rings is 1. The van der Waals surface area contributed by atoms with Crippen LogP contribution in [0, 0.1) is 0 Å². The molecule has 1 aliphatic rings. The maximum atomic E-state index is 6.59. The van der Waals surface area contributed by atoms with Gasteiger partial charge in [-0.1, -0.05) is 23.7 Å². The van der Waals surface area contributed by atoms with Gasteiger partial charge in [0, 0.05) is 34.3 Å². The number of anilines is 1. The number of hydrogen-bond acceptors (Lipinski definition) is 5. The van der Waals surface area contributed by atoms with Crippen LogP contribution in [0.1, 0.15) is 24.5 Å². The van der Waals surface area contributed by atoms with Crippen LogP contribution in [0.2, 0.25) is 5.02 Å². The van der Waals surface area contributed by atoms with E-state index in [0.717, 1.165) is 53.7 Å². The number of aromatic nitrogens is 3. The van der Waals surface area contributed by atoms with E-state index < -0.39 is 0 Å². The Bertz CT molecular complexity index is 1150. The number of para-hydroxylation sites is 1. The molecule has 0 spiro atoms. The first-order chi connectivity index (χ1) is 13.7. The Hall–Kier alpha value is -2.25. The second-order valence-corrected chi connectivity index (χ2v) is 7.50. The molecule has 0 saturated carbocycles. The van der Waals surface area contributed by atoms with Gasteiger partial charge in [-0.05, 0) is 44.1 Å². The van der Waals surface area contributed by atoms with Crippen molar-refractivity contribution in [2.75, 3.05) is 18.8 Å². The second-order valence-electron chi connectivity index (χ2n) is 7.12. The quantitative estimate of drug-likeness (QED) is 0.374. The lowest BCUT2D eigenvalue weighted by atomic mass is 9.90. The minimum Gasteiger partial charge on any atom is -0.454 e. The molecule has 4 aromatic rings. The molecule has 0 amide bonds. The predicted octanol–water partition coefficient (Wildman–Crippen LogP) is 5.43. The lowest BCUT2D eigenvalue weighted by molar-refractivity contribution is 0.453. The molecule has 0 unspecified atom stereocenters. The molecule has 0 radical (unpaired) electrons. The topological polar surface area (TPSA) is 92.8 Å². The molecule has 158 valence electrons. The van der Waals surface area contributed by atoms with E-state index in [2.05, 4.69) is 20.5 Å². The van der Waals surface area contributed by atoms with E-state index in [1.54, 1.807) is 6.20 Å². The summed E-state index contributed by atoms with van der Waals surface area (Å²) in [7, 11) is 0. The number of rotatable bonds is 3. The lowest BCUT2D eigenvalue weighted by Crippen LogP contribution is -2.27. The number of furan rings is 1. The zero-order valence-corrected chi connectivity index (χ0v) is 18.4. The molecule has 6 nitrogen and oxygen atoms in total. The number of pyridine rings is 1. The number of nitrogens with one attached hydrogen (secondary N) is 2. The summed E-state index contributed by atoms with van der Waals surface area (Å²) < 4.78 is 6.00. The van der Waals surface area contributed by atoms with Crippen molar-refractivity contribution < 1.29 is 4.42 Å². The fourth-order valence-corrected chi connectivity index (χ4v) is 4.24. The van der Waals surface area contributed by atoms with Crippen molar-refractivity contribution in [3.8, 4) is 22.5 Å². The van der Waals surface area contributed by atoms with Crippen LogP contribution < -0.4 is 11.1 Å². The number of nitrogens with zero attached hydrogens (tertiary/aromatic N) is 2. The molecule has 1 aromatic carbocycles. The van der Waals surface area contributed by atoms with Gasteiger partial charge in [-0.15, -0.1) is 24.8 Å². The Labute approximate surface area is 191 Å². The van der Waals surface area contributed by atoms with Crippen molar-refractivity contribution in [2.24, 2.45) is 0 Å². The SMILES string of the molecule is Cl.Cl.Nc1ncc(-c2cn[nH]c2C2CCNCC2)cc1-c1oc2ccccc2c1Cl. The normalized spacial score (nSPS) is 14.3. The first kappa shape index (κ1) is 22.4. The van der Waals surface area contributed by atoms with Crippen LogP contribution in [0.5, 0.6) is 0 Å². The van der Waals surface area contributed by atoms with Gasteiger partial charge >= 0.3 is 0 Å². The third kappa shape index (κ3) is 3.88. The average molecular weight is 467 g/mol. The second kappa shape index (κ2) is 9.27. The minimum absolute atomic E-state index is 0. The highest BCUT2D eigenvalue weighted by molar-refractivity contribution is 6.38. The fourth-order valence-electron chi connectivity index (χ4n) is 3.94. The van der Waals surface area contributed by atoms with Crippen molar-refractivity contribution in [2.45, 2.75) is 18.8 Å². The number of halogens is 3. The van der Waals surface area contributed by atoms with Gasteiger partial charge in [0.2, 0.25) is 0 Å². The van der Waals surface area contributed by atoms with Crippen LogP contribution in [-0.4, -0.2) is 28.3 Å². The Kier molecular flexibility index (Phi) is 6.93. The van der Waals surface area contributed by atoms with Crippen molar-refractivity contribution in [1.82, 2.24) is 20.5 Å². The largest absolute Gasteiger partial charge is 0.454 e. The lowest BCUT2D eigenvalue weighted by Gasteiger charge is -2.22. The van der Waals surface area contributed by atoms with Gasteiger partial charge in [0.05, 0.1) is 16.8 Å². The molecule has 1 aliphatic heterocycles. The molecule has 3 aromatic heterocycles. The summed E-state index contributed by atoms with van der Waals surface area (Å²) >= 11 is 6.59. The van der Waals surface area contributed by atoms with Gasteiger partial charge in [-0.3, -0.25) is 5.10 Å². The highest BCUT2D eigenvalue weighted by atomic mass is 35.5. The van der Waals surface area contributed by atoms with Gasteiger partial charge in [0.25, 0.3) is 0 Å². The summed E-state index contributed by atoms with van der Waals surface area (Å²) in [6, 6.07) is 9.66. The molecular weight excluding hydrogens is 445 g/mol. The third-order valence-corrected chi connectivity index (χ3v) is 5.80. The Balaban J connectivity index is 0.00000128. The van der Waals surface area contributed by atoms with E-state index >= 15 is 0 Å². The first-order valence-electron chi connectivity index (χ1n) is 9.39. The summed E-state index contributed by atoms with van der Waals surface area (Å²) in [5, 5.41) is 12.3. The van der Waals surface area contributed by atoms with Crippen LogP contribution >= 0.6 is 36.4 Å². The molecule has 30 heavy (non-hydrogen) atoms. The summed E-state index contributed by atoms with van der Waals surface area (Å²) in [4.78, 5) is 4.41. The summed E-state index contributed by atoms with van der Waals surface area (Å²) in [6.45, 7) is 2.03. The standard InChI is InChI=1S/C21H20ClN5O.2ClH/c22-18-14-3-1-2-4-17(14)28-20(18)15-9-13(10-25-21(15)23)16-11-26-27-19(16)12-5-7-24-8-6-12;;/h1-4,9-12,24H,5-8H2,(H2,23,25)(H,26,27);2*1H. The van der Waals surface area contributed by atoms with E-state index in [-0.39, 0.29) is 24.8 Å². The number of H-pyrrole nitrogens is 1. The number of nitrogens with two attached hydrogens (primary N) is 1. The molecular formula is C21H22Cl3N5O. The molecule has 0 aliphatic carbocycles. The van der Waals surface area contributed by atoms with E-state index in [0.29, 0.717) is 28.1 Å². The molecule has 9 heteroatoms. The van der Waals surface area contributed by atoms with Crippen molar-refractivity contribution >= 4 is 53.2 Å². The van der Waals surface area contributed by atoms with E-state index in [1.165, 1.54) is 0 Å². The monoisotopic (exact) mass is 465 g/mol. The van der Waals surface area contributed by atoms with Crippen LogP contribution in [0.3, 0.4) is 0 Å². The molecule has 4 heterocycles. The number of hydrogen-bond donors (Lipinski definition) is 3. The number of aromatic amines is 1. The van der Waals surface area contributed by atoms with Crippen molar-refractivity contribution in [1.29, 1.82) is 0 Å². The van der Waals surface area contributed by atoms with Crippen LogP contribution in [-0.2, 0) is 0 Å². The van der Waals surface area contributed by atoms with Crippen LogP contribution in [0.15, 0.2) is 47.1 Å².